The molecule has 7 nitrogen and oxygen atoms in total. The van der Waals surface area contributed by atoms with Gasteiger partial charge in [-0.05, 0) is 43.5 Å². The molecule has 2 heterocycles. The van der Waals surface area contributed by atoms with Crippen molar-refractivity contribution in [2.24, 2.45) is 0 Å². The summed E-state index contributed by atoms with van der Waals surface area (Å²) in [6.07, 6.45) is 5.38. The molecule has 0 amide bonds. The fourth-order valence-electron chi connectivity index (χ4n) is 3.51. The van der Waals surface area contributed by atoms with Crippen molar-refractivity contribution in [2.45, 2.75) is 37.1 Å². The summed E-state index contributed by atoms with van der Waals surface area (Å²) in [6.45, 7) is 2.43. The van der Waals surface area contributed by atoms with Crippen molar-refractivity contribution < 1.29 is 13.2 Å². The predicted octanol–water partition coefficient (Wildman–Crippen LogP) is 4.46. The second-order valence-corrected chi connectivity index (χ2v) is 10.1. The number of sulfone groups is 1. The summed E-state index contributed by atoms with van der Waals surface area (Å²) in [5.41, 5.74) is 8.51. The molecule has 0 aliphatic heterocycles. The van der Waals surface area contributed by atoms with Crippen molar-refractivity contribution >= 4 is 49.9 Å². The Bertz CT molecular complexity index is 1150. The van der Waals surface area contributed by atoms with Crippen LogP contribution in [0, 0.1) is 6.92 Å². The summed E-state index contributed by atoms with van der Waals surface area (Å²) in [4.78, 5) is 8.67. The van der Waals surface area contributed by atoms with Crippen LogP contribution < -0.4 is 5.73 Å². The van der Waals surface area contributed by atoms with Gasteiger partial charge in [0.2, 0.25) is 0 Å². The number of hydrogen-bond acceptors (Lipinski definition) is 6. The highest BCUT2D eigenvalue weighted by molar-refractivity contribution is 7.91. The highest BCUT2D eigenvalue weighted by Crippen LogP contribution is 2.29. The molecule has 2 aromatic heterocycles. The van der Waals surface area contributed by atoms with Gasteiger partial charge in [-0.2, -0.15) is 0 Å². The molecule has 1 aromatic carbocycles. The number of hydrogen-bond donors (Lipinski definition) is 1. The average molecular weight is 471 g/mol. The third-order valence-electron chi connectivity index (χ3n) is 4.99. The summed E-state index contributed by atoms with van der Waals surface area (Å²) >= 11 is 11.9. The van der Waals surface area contributed by atoms with Gasteiger partial charge < -0.3 is 15.0 Å². The van der Waals surface area contributed by atoms with Crippen LogP contribution in [0.4, 0.5) is 5.82 Å². The fraction of sp³-hybridized carbons (Fsp3) is 0.400. The van der Waals surface area contributed by atoms with Gasteiger partial charge in [-0.25, -0.2) is 18.4 Å². The summed E-state index contributed by atoms with van der Waals surface area (Å²) in [6, 6.07) is 4.42. The monoisotopic (exact) mass is 470 g/mol. The highest BCUT2D eigenvalue weighted by atomic mass is 35.5. The van der Waals surface area contributed by atoms with Crippen molar-refractivity contribution in [2.75, 3.05) is 25.2 Å². The van der Waals surface area contributed by atoms with Crippen molar-refractivity contribution in [1.82, 2.24) is 14.5 Å². The lowest BCUT2D eigenvalue weighted by Gasteiger charge is -2.19. The molecule has 10 heteroatoms. The molecule has 3 rings (SSSR count). The zero-order chi connectivity index (χ0) is 21.9. The first-order valence-corrected chi connectivity index (χ1v) is 11.9. The molecule has 1 atom stereocenters. The van der Waals surface area contributed by atoms with Crippen LogP contribution in [-0.2, 0) is 14.6 Å². The smallest absolute Gasteiger partial charge is 0.179 e. The SMILES string of the molecule is COCC(CCCCS(=O)(=O)c1ccc(Cl)cc1Cl)n1cnc2c(N)ncc(C)c21. The van der Waals surface area contributed by atoms with Gasteiger partial charge in [-0.1, -0.05) is 29.6 Å². The molecule has 0 bridgehead atoms. The Morgan fingerprint density at radius 1 is 1.23 bits per heavy atom. The van der Waals surface area contributed by atoms with Crippen LogP contribution in [-0.4, -0.2) is 42.4 Å². The summed E-state index contributed by atoms with van der Waals surface area (Å²) in [7, 11) is -1.84. The number of unbranched alkanes of at least 4 members (excludes halogenated alkanes) is 1. The third kappa shape index (κ3) is 4.88. The van der Waals surface area contributed by atoms with E-state index in [1.54, 1.807) is 19.6 Å². The van der Waals surface area contributed by atoms with Gasteiger partial charge in [0, 0.05) is 18.3 Å². The van der Waals surface area contributed by atoms with Crippen LogP contribution in [0.25, 0.3) is 11.0 Å². The van der Waals surface area contributed by atoms with Crippen LogP contribution >= 0.6 is 23.2 Å². The Hall–Kier alpha value is -1.87. The van der Waals surface area contributed by atoms with E-state index in [1.165, 1.54) is 18.2 Å². The topological polar surface area (TPSA) is 100 Å². The second-order valence-electron chi connectivity index (χ2n) is 7.17. The minimum Gasteiger partial charge on any atom is -0.383 e. The average Bonchev–Trinajstić information content (AvgIpc) is 3.13. The van der Waals surface area contributed by atoms with Crippen molar-refractivity contribution in [1.29, 1.82) is 0 Å². The van der Waals surface area contributed by atoms with E-state index in [2.05, 4.69) is 9.97 Å². The summed E-state index contributed by atoms with van der Waals surface area (Å²) in [5, 5.41) is 0.548. The maximum Gasteiger partial charge on any atom is 0.179 e. The standard InChI is InChI=1S/C20H24Cl2N4O3S/c1-13-10-24-20(23)18-19(13)26(12-25-18)15(11-29-2)5-3-4-8-30(27,28)17-7-6-14(21)9-16(17)22/h6-7,9-10,12,15H,3-5,8,11H2,1-2H3,(H2,23,24). The van der Waals surface area contributed by atoms with Crippen LogP contribution in [0.3, 0.4) is 0 Å². The lowest BCUT2D eigenvalue weighted by Crippen LogP contribution is -2.15. The van der Waals surface area contributed by atoms with Crippen molar-refractivity contribution in [3.63, 3.8) is 0 Å². The quantitative estimate of drug-likeness (QED) is 0.463. The first-order chi connectivity index (χ1) is 14.2. The molecule has 3 aromatic rings. The van der Waals surface area contributed by atoms with E-state index in [9.17, 15) is 8.42 Å². The summed E-state index contributed by atoms with van der Waals surface area (Å²) < 4.78 is 32.7. The number of methoxy groups -OCH3 is 1. The predicted molar refractivity (Wildman–Crippen MR) is 120 cm³/mol. The van der Waals surface area contributed by atoms with Crippen LogP contribution in [0.2, 0.25) is 10.0 Å². The van der Waals surface area contributed by atoms with E-state index in [4.69, 9.17) is 33.7 Å². The van der Waals surface area contributed by atoms with E-state index >= 15 is 0 Å². The molecule has 0 aliphatic carbocycles. The van der Waals surface area contributed by atoms with Gasteiger partial charge in [-0.3, -0.25) is 0 Å². The van der Waals surface area contributed by atoms with Crippen LogP contribution in [0.1, 0.15) is 30.9 Å². The minimum atomic E-state index is -3.48. The Labute approximate surface area is 186 Å². The van der Waals surface area contributed by atoms with Gasteiger partial charge in [0.1, 0.15) is 5.52 Å². The van der Waals surface area contributed by atoms with Gasteiger partial charge >= 0.3 is 0 Å². The fourth-order valence-corrected chi connectivity index (χ4v) is 5.71. The first kappa shape index (κ1) is 22.8. The van der Waals surface area contributed by atoms with E-state index in [-0.39, 0.29) is 21.7 Å². The number of benzene rings is 1. The second kappa shape index (κ2) is 9.51. The van der Waals surface area contributed by atoms with Crippen molar-refractivity contribution in [3.05, 3.63) is 46.3 Å². The van der Waals surface area contributed by atoms with E-state index < -0.39 is 9.84 Å². The maximum atomic E-state index is 12.6. The van der Waals surface area contributed by atoms with E-state index in [0.717, 1.165) is 17.5 Å². The zero-order valence-electron chi connectivity index (χ0n) is 16.8. The van der Waals surface area contributed by atoms with Crippen LogP contribution in [0.15, 0.2) is 35.6 Å². The lowest BCUT2D eigenvalue weighted by atomic mass is 10.1. The molecule has 0 saturated heterocycles. The zero-order valence-corrected chi connectivity index (χ0v) is 19.1. The Kier molecular flexibility index (Phi) is 7.23. The Balaban J connectivity index is 1.70. The largest absolute Gasteiger partial charge is 0.383 e. The molecular formula is C20H24Cl2N4O3S. The van der Waals surface area contributed by atoms with Gasteiger partial charge in [0.15, 0.2) is 15.7 Å². The molecule has 2 N–H and O–H groups in total. The number of halogens is 2. The van der Waals surface area contributed by atoms with Crippen LogP contribution in [0.5, 0.6) is 0 Å². The number of nitrogen functional groups attached to an aromatic ring is 1. The van der Waals surface area contributed by atoms with Gasteiger partial charge in [0.25, 0.3) is 0 Å². The number of nitrogens with zero attached hydrogens (tertiary/aromatic N) is 3. The molecular weight excluding hydrogens is 447 g/mol. The molecule has 0 radical (unpaired) electrons. The molecule has 0 aliphatic rings. The molecule has 162 valence electrons. The number of fused-ring (bicyclic) bond motifs is 1. The lowest BCUT2D eigenvalue weighted by molar-refractivity contribution is 0.151. The number of pyridine rings is 1. The van der Waals surface area contributed by atoms with E-state index in [0.29, 0.717) is 35.8 Å². The Morgan fingerprint density at radius 3 is 2.70 bits per heavy atom. The van der Waals surface area contributed by atoms with E-state index in [1.807, 2.05) is 11.5 Å². The maximum absolute atomic E-state index is 12.6. The number of imidazole rings is 1. The normalized spacial score (nSPS) is 13.1. The Morgan fingerprint density at radius 2 is 2.00 bits per heavy atom. The number of rotatable bonds is 9. The number of aromatic nitrogens is 3. The molecule has 30 heavy (non-hydrogen) atoms. The summed E-state index contributed by atoms with van der Waals surface area (Å²) in [5.74, 6) is 0.394. The highest BCUT2D eigenvalue weighted by Gasteiger charge is 2.20. The third-order valence-corrected chi connectivity index (χ3v) is 7.50. The number of aryl methyl sites for hydroxylation is 1. The molecule has 1 unspecified atom stereocenters. The van der Waals surface area contributed by atoms with Crippen molar-refractivity contribution in [3.8, 4) is 0 Å². The number of anilines is 1. The van der Waals surface area contributed by atoms with Gasteiger partial charge in [0.05, 0.1) is 40.2 Å². The first-order valence-electron chi connectivity index (χ1n) is 9.49. The molecule has 0 saturated carbocycles. The minimum absolute atomic E-state index is 0.00215. The molecule has 0 spiro atoms. The number of ether oxygens (including phenoxy) is 1. The van der Waals surface area contributed by atoms with Gasteiger partial charge in [-0.15, -0.1) is 0 Å². The molecule has 0 fully saturated rings. The number of nitrogens with two attached hydrogens (primary N) is 1.